The van der Waals surface area contributed by atoms with Crippen molar-refractivity contribution in [2.24, 2.45) is 4.99 Å². The Morgan fingerprint density at radius 3 is 2.86 bits per heavy atom. The first-order valence-corrected chi connectivity index (χ1v) is 6.83. The fraction of sp³-hybridized carbons (Fsp3) is 0.375. The first kappa shape index (κ1) is 10.7. The monoisotopic (exact) mass is 384 g/mol. The summed E-state index contributed by atoms with van der Waals surface area (Å²) in [6.45, 7) is 2.99. The summed E-state index contributed by atoms with van der Waals surface area (Å²) < 4.78 is 8.70. The van der Waals surface area contributed by atoms with E-state index in [1.165, 1.54) is 4.88 Å². The maximum Gasteiger partial charge on any atom is 0.302 e. The molecular weight excluding hydrogens is 377 g/mol. The van der Waals surface area contributed by atoms with Gasteiger partial charge < -0.3 is 0 Å². The van der Waals surface area contributed by atoms with Crippen LogP contribution in [0.3, 0.4) is 0 Å². The van der Waals surface area contributed by atoms with Gasteiger partial charge in [-0.1, -0.05) is 11.9 Å². The van der Waals surface area contributed by atoms with Crippen molar-refractivity contribution in [3.8, 4) is 0 Å². The lowest BCUT2D eigenvalue weighted by atomic mass is 10.3. The zero-order valence-corrected chi connectivity index (χ0v) is 12.1. The van der Waals surface area contributed by atoms with Gasteiger partial charge in [-0.15, -0.1) is 0 Å². The Morgan fingerprint density at radius 2 is 2.43 bits per heavy atom. The quantitative estimate of drug-likeness (QED) is 0.447. The molecule has 2 heterocycles. The zero-order chi connectivity index (χ0) is 10.1. The SMILES string of the molecule is CCc1nsc(C[N+]2=CN=C2I)c1Br. The molecule has 0 amide bonds. The van der Waals surface area contributed by atoms with E-state index in [2.05, 4.69) is 59.4 Å². The normalized spacial score (nSPS) is 14.8. The van der Waals surface area contributed by atoms with Crippen molar-refractivity contribution in [1.82, 2.24) is 4.37 Å². The Kier molecular flexibility index (Phi) is 3.33. The number of hydrogen-bond donors (Lipinski definition) is 0. The lowest BCUT2D eigenvalue weighted by Gasteiger charge is -2.06. The predicted molar refractivity (Wildman–Crippen MR) is 70.7 cm³/mol. The van der Waals surface area contributed by atoms with Crippen LogP contribution in [0.2, 0.25) is 0 Å². The zero-order valence-electron chi connectivity index (χ0n) is 7.50. The molecule has 0 spiro atoms. The van der Waals surface area contributed by atoms with E-state index in [0.29, 0.717) is 0 Å². The smallest absolute Gasteiger partial charge is 0.223 e. The Morgan fingerprint density at radius 1 is 1.64 bits per heavy atom. The first-order valence-electron chi connectivity index (χ1n) is 4.18. The van der Waals surface area contributed by atoms with Gasteiger partial charge in [0.15, 0.2) is 0 Å². The Balaban J connectivity index is 2.14. The minimum atomic E-state index is 0.875. The molecule has 0 aromatic carbocycles. The van der Waals surface area contributed by atoms with Crippen molar-refractivity contribution in [2.45, 2.75) is 19.9 Å². The summed E-state index contributed by atoms with van der Waals surface area (Å²) in [7, 11) is 0. The number of aromatic nitrogens is 1. The van der Waals surface area contributed by atoms with Gasteiger partial charge in [0, 0.05) is 22.6 Å². The van der Waals surface area contributed by atoms with Gasteiger partial charge >= 0.3 is 3.84 Å². The van der Waals surface area contributed by atoms with Crippen LogP contribution in [0.25, 0.3) is 0 Å². The average Bonchev–Trinajstić information content (AvgIpc) is 2.53. The molecular formula is C8H8BrIN3S+. The third-order valence-corrected chi connectivity index (χ3v) is 4.92. The molecule has 14 heavy (non-hydrogen) atoms. The third-order valence-electron chi connectivity index (χ3n) is 1.95. The van der Waals surface area contributed by atoms with Crippen molar-refractivity contribution in [3.63, 3.8) is 0 Å². The van der Waals surface area contributed by atoms with Crippen molar-refractivity contribution in [3.05, 3.63) is 15.0 Å². The van der Waals surface area contributed by atoms with Gasteiger partial charge in [0.1, 0.15) is 6.54 Å². The van der Waals surface area contributed by atoms with Crippen molar-refractivity contribution in [1.29, 1.82) is 0 Å². The van der Waals surface area contributed by atoms with E-state index in [1.807, 2.05) is 6.34 Å². The Hall–Kier alpha value is 0.180. The van der Waals surface area contributed by atoms with Crippen LogP contribution in [0.4, 0.5) is 0 Å². The third kappa shape index (κ3) is 1.92. The van der Waals surface area contributed by atoms with Crippen LogP contribution in [-0.4, -0.2) is 19.1 Å². The Bertz CT molecular complexity index is 424. The summed E-state index contributed by atoms with van der Waals surface area (Å²) in [6.07, 6.45) is 2.82. The number of rotatable bonds is 3. The molecule has 0 atom stereocenters. The maximum atomic E-state index is 4.38. The van der Waals surface area contributed by atoms with Gasteiger partial charge in [-0.3, -0.25) is 0 Å². The van der Waals surface area contributed by atoms with Gasteiger partial charge in [-0.25, -0.2) is 4.58 Å². The molecule has 2 rings (SSSR count). The number of aliphatic imine (C=N–C) groups is 1. The van der Waals surface area contributed by atoms with Crippen LogP contribution in [0.1, 0.15) is 17.5 Å². The number of nitrogens with zero attached hydrogens (tertiary/aromatic N) is 3. The summed E-state index contributed by atoms with van der Waals surface area (Å²) >= 11 is 7.37. The van der Waals surface area contributed by atoms with Gasteiger partial charge in [0.2, 0.25) is 6.34 Å². The van der Waals surface area contributed by atoms with E-state index >= 15 is 0 Å². The van der Waals surface area contributed by atoms with Crippen LogP contribution in [0.15, 0.2) is 9.47 Å². The summed E-state index contributed by atoms with van der Waals surface area (Å²) in [5, 5.41) is 0. The molecule has 6 heteroatoms. The minimum absolute atomic E-state index is 0.875. The average molecular weight is 385 g/mol. The van der Waals surface area contributed by atoms with E-state index in [4.69, 9.17) is 0 Å². The summed E-state index contributed by atoms with van der Waals surface area (Å²) in [4.78, 5) is 5.34. The molecule has 0 N–H and O–H groups in total. The van der Waals surface area contributed by atoms with Gasteiger partial charge in [-0.2, -0.15) is 4.37 Å². The van der Waals surface area contributed by atoms with E-state index in [9.17, 15) is 0 Å². The molecule has 1 aromatic heterocycles. The molecule has 0 radical (unpaired) electrons. The van der Waals surface area contributed by atoms with E-state index in [1.54, 1.807) is 11.5 Å². The first-order chi connectivity index (χ1) is 6.72. The van der Waals surface area contributed by atoms with Crippen LogP contribution < -0.4 is 0 Å². The predicted octanol–water partition coefficient (Wildman–Crippen LogP) is 2.81. The van der Waals surface area contributed by atoms with Crippen LogP contribution >= 0.6 is 50.1 Å². The second-order valence-electron chi connectivity index (χ2n) is 2.86. The molecule has 0 aliphatic carbocycles. The van der Waals surface area contributed by atoms with Crippen LogP contribution in [0, 0.1) is 0 Å². The molecule has 1 aromatic rings. The molecule has 74 valence electrons. The van der Waals surface area contributed by atoms with Crippen molar-refractivity contribution < 1.29 is 4.58 Å². The highest BCUT2D eigenvalue weighted by molar-refractivity contribution is 14.1. The highest BCUT2D eigenvalue weighted by Gasteiger charge is 2.19. The summed E-state index contributed by atoms with van der Waals surface area (Å²) in [5.41, 5.74) is 1.15. The number of halogens is 2. The molecule has 0 bridgehead atoms. The molecule has 0 saturated carbocycles. The van der Waals surface area contributed by atoms with Gasteiger partial charge in [-0.05, 0) is 33.9 Å². The number of hydrogen-bond acceptors (Lipinski definition) is 3. The second kappa shape index (κ2) is 4.36. The molecule has 1 aliphatic rings. The lowest BCUT2D eigenvalue weighted by molar-refractivity contribution is -0.424. The molecule has 0 fully saturated rings. The highest BCUT2D eigenvalue weighted by atomic mass is 127. The summed E-state index contributed by atoms with van der Waals surface area (Å²) in [6, 6.07) is 0. The molecule has 0 unspecified atom stereocenters. The minimum Gasteiger partial charge on any atom is -0.223 e. The Labute approximate surface area is 108 Å². The van der Waals surface area contributed by atoms with Crippen LogP contribution in [-0.2, 0) is 13.0 Å². The molecule has 0 saturated heterocycles. The highest BCUT2D eigenvalue weighted by Crippen LogP contribution is 2.26. The van der Waals surface area contributed by atoms with E-state index in [0.717, 1.165) is 27.0 Å². The molecule has 3 nitrogen and oxygen atoms in total. The largest absolute Gasteiger partial charge is 0.302 e. The molecule has 1 aliphatic heterocycles. The topological polar surface area (TPSA) is 28.3 Å². The van der Waals surface area contributed by atoms with Gasteiger partial charge in [0.25, 0.3) is 0 Å². The van der Waals surface area contributed by atoms with Crippen molar-refractivity contribution in [2.75, 3.05) is 0 Å². The number of amidine groups is 1. The fourth-order valence-electron chi connectivity index (χ4n) is 1.11. The maximum absolute atomic E-state index is 4.38. The van der Waals surface area contributed by atoms with E-state index < -0.39 is 0 Å². The standard InChI is InChI=1S/C8H8BrIN3S/c1-2-5-7(9)6(14-12-5)3-13-4-11-8(13)10/h4H,2-3H2,1H3/q+1. The van der Waals surface area contributed by atoms with Crippen LogP contribution in [0.5, 0.6) is 0 Å². The summed E-state index contributed by atoms with van der Waals surface area (Å²) in [5.74, 6) is 0. The van der Waals surface area contributed by atoms with Gasteiger partial charge in [0.05, 0.1) is 15.0 Å². The lowest BCUT2D eigenvalue weighted by Crippen LogP contribution is -2.23. The second-order valence-corrected chi connectivity index (χ2v) is 5.48. The van der Waals surface area contributed by atoms with Crippen molar-refractivity contribution >= 4 is 60.2 Å². The fourth-order valence-corrected chi connectivity index (χ4v) is 3.20. The number of aryl methyl sites for hydroxylation is 1. The van der Waals surface area contributed by atoms with E-state index in [-0.39, 0.29) is 0 Å².